The van der Waals surface area contributed by atoms with Gasteiger partial charge in [0, 0.05) is 12.2 Å². The van der Waals surface area contributed by atoms with E-state index >= 15 is 0 Å². The molecule has 0 radical (unpaired) electrons. The Morgan fingerprint density at radius 1 is 0.636 bits per heavy atom. The standard InChI is InChI=1S/C18H42O2Si2/c1-15(19-21(9,10)17(3,4)5)13-14-16(2)20-22(11,12)18(6,7)8/h15-16H,13-14H2,1-12H3/t15-,16-/m1/s1. The Hall–Kier alpha value is 0.354. The average Bonchev–Trinajstić information content (AvgIpc) is 2.21. The van der Waals surface area contributed by atoms with Crippen molar-refractivity contribution in [3.63, 3.8) is 0 Å². The van der Waals surface area contributed by atoms with Crippen molar-refractivity contribution >= 4 is 16.6 Å². The van der Waals surface area contributed by atoms with Crippen LogP contribution in [0, 0.1) is 0 Å². The quantitative estimate of drug-likeness (QED) is 0.484. The van der Waals surface area contributed by atoms with Gasteiger partial charge in [0.15, 0.2) is 16.6 Å². The second kappa shape index (κ2) is 7.50. The lowest BCUT2D eigenvalue weighted by Gasteiger charge is -2.40. The SMILES string of the molecule is C[C@H](CC[C@@H](C)O[Si](C)(C)C(C)(C)C)O[Si](C)(C)C(C)(C)C. The summed E-state index contributed by atoms with van der Waals surface area (Å²) in [6.45, 7) is 27.6. The van der Waals surface area contributed by atoms with E-state index in [4.69, 9.17) is 8.85 Å². The van der Waals surface area contributed by atoms with Crippen LogP contribution in [0.4, 0.5) is 0 Å². The van der Waals surface area contributed by atoms with E-state index in [1.165, 1.54) is 0 Å². The van der Waals surface area contributed by atoms with Crippen molar-refractivity contribution in [1.82, 2.24) is 0 Å². The molecular weight excluding hydrogens is 304 g/mol. The Morgan fingerprint density at radius 2 is 0.864 bits per heavy atom. The maximum atomic E-state index is 6.44. The van der Waals surface area contributed by atoms with Gasteiger partial charge < -0.3 is 8.85 Å². The first kappa shape index (κ1) is 22.4. The van der Waals surface area contributed by atoms with E-state index in [1.54, 1.807) is 0 Å². The molecule has 0 aromatic carbocycles. The first-order valence-electron chi connectivity index (χ1n) is 8.85. The highest BCUT2D eigenvalue weighted by atomic mass is 28.4. The summed E-state index contributed by atoms with van der Waals surface area (Å²) in [6.07, 6.45) is 2.82. The summed E-state index contributed by atoms with van der Waals surface area (Å²) in [5.41, 5.74) is 0. The monoisotopic (exact) mass is 346 g/mol. The minimum atomic E-state index is -1.65. The van der Waals surface area contributed by atoms with Crippen molar-refractivity contribution in [2.45, 2.75) is 117 Å². The van der Waals surface area contributed by atoms with Crippen LogP contribution in [0.25, 0.3) is 0 Å². The van der Waals surface area contributed by atoms with Crippen molar-refractivity contribution in [2.75, 3.05) is 0 Å². The number of hydrogen-bond donors (Lipinski definition) is 0. The zero-order valence-corrected chi connectivity index (χ0v) is 19.4. The van der Waals surface area contributed by atoms with Crippen molar-refractivity contribution in [3.05, 3.63) is 0 Å². The van der Waals surface area contributed by atoms with Crippen LogP contribution in [0.15, 0.2) is 0 Å². The molecule has 0 amide bonds. The second-order valence-corrected chi connectivity index (χ2v) is 19.5. The van der Waals surface area contributed by atoms with E-state index in [2.05, 4.69) is 81.6 Å². The van der Waals surface area contributed by atoms with E-state index in [1.807, 2.05) is 0 Å². The third-order valence-corrected chi connectivity index (χ3v) is 14.8. The van der Waals surface area contributed by atoms with Crippen molar-refractivity contribution in [2.24, 2.45) is 0 Å². The molecule has 0 aliphatic carbocycles. The van der Waals surface area contributed by atoms with E-state index < -0.39 is 16.6 Å². The summed E-state index contributed by atoms with van der Waals surface area (Å²) < 4.78 is 12.9. The highest BCUT2D eigenvalue weighted by Crippen LogP contribution is 2.39. The lowest BCUT2D eigenvalue weighted by atomic mass is 10.1. The van der Waals surface area contributed by atoms with Gasteiger partial charge in [0.2, 0.25) is 0 Å². The van der Waals surface area contributed by atoms with Gasteiger partial charge in [0.25, 0.3) is 0 Å². The lowest BCUT2D eigenvalue weighted by molar-refractivity contribution is 0.141. The Kier molecular flexibility index (Phi) is 7.62. The molecule has 4 heteroatoms. The Bertz CT molecular complexity index is 304. The number of rotatable bonds is 7. The maximum absolute atomic E-state index is 6.44. The normalized spacial score (nSPS) is 17.5. The highest BCUT2D eigenvalue weighted by Gasteiger charge is 2.39. The fourth-order valence-corrected chi connectivity index (χ4v) is 4.90. The summed E-state index contributed by atoms with van der Waals surface area (Å²) in [5, 5.41) is 0.565. The molecule has 0 fully saturated rings. The topological polar surface area (TPSA) is 18.5 Å². The molecule has 0 aromatic heterocycles. The van der Waals surface area contributed by atoms with Gasteiger partial charge in [0.1, 0.15) is 0 Å². The fraction of sp³-hybridized carbons (Fsp3) is 1.00. The molecule has 0 aliphatic rings. The molecule has 2 atom stereocenters. The molecule has 0 saturated carbocycles. The largest absolute Gasteiger partial charge is 0.414 e. The molecule has 134 valence electrons. The number of hydrogen-bond acceptors (Lipinski definition) is 2. The van der Waals surface area contributed by atoms with E-state index in [0.29, 0.717) is 12.2 Å². The summed E-state index contributed by atoms with van der Waals surface area (Å²) in [4.78, 5) is 0. The summed E-state index contributed by atoms with van der Waals surface area (Å²) in [5.74, 6) is 0. The smallest absolute Gasteiger partial charge is 0.192 e. The van der Waals surface area contributed by atoms with Crippen LogP contribution in [-0.4, -0.2) is 28.8 Å². The maximum Gasteiger partial charge on any atom is 0.192 e. The van der Waals surface area contributed by atoms with Crippen molar-refractivity contribution < 1.29 is 8.85 Å². The van der Waals surface area contributed by atoms with Gasteiger partial charge >= 0.3 is 0 Å². The fourth-order valence-electron chi connectivity index (χ4n) is 1.95. The molecule has 0 aliphatic heterocycles. The minimum absolute atomic E-state index is 0.282. The average molecular weight is 347 g/mol. The molecule has 0 aromatic rings. The molecule has 0 heterocycles. The third kappa shape index (κ3) is 6.85. The molecule has 22 heavy (non-hydrogen) atoms. The van der Waals surface area contributed by atoms with Crippen LogP contribution < -0.4 is 0 Å². The Labute approximate surface area is 142 Å². The zero-order valence-electron chi connectivity index (χ0n) is 17.4. The van der Waals surface area contributed by atoms with Crippen LogP contribution >= 0.6 is 0 Å². The molecule has 0 spiro atoms. The van der Waals surface area contributed by atoms with Gasteiger partial charge in [-0.3, -0.25) is 0 Å². The van der Waals surface area contributed by atoms with Gasteiger partial charge in [-0.05, 0) is 63.0 Å². The van der Waals surface area contributed by atoms with E-state index in [0.717, 1.165) is 12.8 Å². The minimum Gasteiger partial charge on any atom is -0.414 e. The second-order valence-electron chi connectivity index (χ2n) is 9.95. The molecular formula is C18H42O2Si2. The van der Waals surface area contributed by atoms with Crippen molar-refractivity contribution in [3.8, 4) is 0 Å². The summed E-state index contributed by atoms with van der Waals surface area (Å²) >= 11 is 0. The molecule has 0 unspecified atom stereocenters. The third-order valence-electron chi connectivity index (χ3n) is 5.58. The predicted octanol–water partition coefficient (Wildman–Crippen LogP) is 6.59. The van der Waals surface area contributed by atoms with Crippen LogP contribution in [0.3, 0.4) is 0 Å². The van der Waals surface area contributed by atoms with Crippen LogP contribution in [-0.2, 0) is 8.85 Å². The van der Waals surface area contributed by atoms with Crippen molar-refractivity contribution in [1.29, 1.82) is 0 Å². The molecule has 0 saturated heterocycles. The Morgan fingerprint density at radius 3 is 1.05 bits per heavy atom. The zero-order chi connectivity index (χ0) is 18.0. The molecule has 0 rings (SSSR count). The summed E-state index contributed by atoms with van der Waals surface area (Å²) in [7, 11) is -3.30. The van der Waals surface area contributed by atoms with Gasteiger partial charge in [-0.15, -0.1) is 0 Å². The van der Waals surface area contributed by atoms with Gasteiger partial charge in [-0.25, -0.2) is 0 Å². The van der Waals surface area contributed by atoms with Crippen LogP contribution in [0.5, 0.6) is 0 Å². The van der Waals surface area contributed by atoms with Gasteiger partial charge in [-0.2, -0.15) is 0 Å². The van der Waals surface area contributed by atoms with Gasteiger partial charge in [-0.1, -0.05) is 41.5 Å². The first-order chi connectivity index (χ1) is 9.49. The van der Waals surface area contributed by atoms with E-state index in [9.17, 15) is 0 Å². The first-order valence-corrected chi connectivity index (χ1v) is 14.7. The molecule has 0 N–H and O–H groups in total. The van der Waals surface area contributed by atoms with Crippen LogP contribution in [0.1, 0.15) is 68.2 Å². The van der Waals surface area contributed by atoms with E-state index in [-0.39, 0.29) is 10.1 Å². The molecule has 2 nitrogen and oxygen atoms in total. The van der Waals surface area contributed by atoms with Crippen LogP contribution in [0.2, 0.25) is 36.3 Å². The predicted molar refractivity (Wildman–Crippen MR) is 105 cm³/mol. The lowest BCUT2D eigenvalue weighted by Crippen LogP contribution is -2.44. The highest BCUT2D eigenvalue weighted by molar-refractivity contribution is 6.74. The Balaban J connectivity index is 4.40. The molecule has 0 bridgehead atoms. The summed E-state index contributed by atoms with van der Waals surface area (Å²) in [6, 6.07) is 0. The van der Waals surface area contributed by atoms with Gasteiger partial charge in [0.05, 0.1) is 0 Å².